The number of quaternary nitrogens is 2. The Morgan fingerprint density at radius 2 is 0.946 bits per heavy atom. The zero-order valence-corrected chi connectivity index (χ0v) is 42.3. The molecular weight excluding hydrogens is 1030 g/mol. The Hall–Kier alpha value is -8.08. The Morgan fingerprint density at radius 1 is 0.568 bits per heavy atom. The molecule has 2 atom stereocenters. The number of carbonyl (C=O) groups excluding carboxylic acids is 2. The van der Waals surface area contributed by atoms with Crippen LogP contribution in [0.15, 0.2) is 144 Å². The number of hydrogen-bond acceptors (Lipinski definition) is 18. The molecule has 0 saturated carbocycles. The molecule has 26 heteroatoms. The first-order chi connectivity index (χ1) is 35.6. The summed E-state index contributed by atoms with van der Waals surface area (Å²) in [6, 6.07) is 40.3. The lowest BCUT2D eigenvalue weighted by atomic mass is 10.0. The Labute approximate surface area is 430 Å². The molecule has 0 aliphatic carbocycles. The van der Waals surface area contributed by atoms with Gasteiger partial charge >= 0.3 is 0 Å². The minimum atomic E-state index is -4.24. The molecule has 2 unspecified atom stereocenters. The van der Waals surface area contributed by atoms with Gasteiger partial charge in [0.05, 0.1) is 46.2 Å². The number of anilines is 2. The summed E-state index contributed by atoms with van der Waals surface area (Å²) in [6.07, 6.45) is 0. The minimum Gasteiger partial charge on any atom is -0.491 e. The fourth-order valence-corrected chi connectivity index (χ4v) is 10.5. The number of nitrogens with zero attached hydrogens (tertiary/aromatic N) is 6. The lowest BCUT2D eigenvalue weighted by molar-refractivity contribution is -0.846. The SMILES string of the molecule is COc1cc(-c2ccc([NH+]3N=C(c4ccc(C(=O)NCCS(=O)(=O)O)cc4)NN3c3nc4ccccc4s3)c(OC)c2)ccc1[NH+]1N=C(c2ccc(C(=O)NCCS(=O)(=O)O)cc2)NN1c1nc2ccccc2s1. The number of amides is 2. The Morgan fingerprint density at radius 3 is 1.31 bits per heavy atom. The van der Waals surface area contributed by atoms with E-state index >= 15 is 0 Å². The van der Waals surface area contributed by atoms with Gasteiger partial charge in [-0.2, -0.15) is 16.8 Å². The number of benzene rings is 6. The second-order valence-electron chi connectivity index (χ2n) is 16.5. The number of hydrazine groups is 2. The summed E-state index contributed by atoms with van der Waals surface area (Å²) in [7, 11) is -5.32. The van der Waals surface area contributed by atoms with Crippen molar-refractivity contribution in [2.45, 2.75) is 0 Å². The van der Waals surface area contributed by atoms with Gasteiger partial charge in [0, 0.05) is 47.5 Å². The predicted molar refractivity (Wildman–Crippen MR) is 280 cm³/mol. The highest BCUT2D eigenvalue weighted by Crippen LogP contribution is 2.36. The quantitative estimate of drug-likeness (QED) is 0.0607. The molecule has 2 aliphatic heterocycles. The van der Waals surface area contributed by atoms with E-state index in [9.17, 15) is 26.4 Å². The molecule has 8 aromatic rings. The van der Waals surface area contributed by atoms with Crippen LogP contribution < -0.4 is 51.4 Å². The van der Waals surface area contributed by atoms with E-state index in [2.05, 4.69) is 21.5 Å². The van der Waals surface area contributed by atoms with E-state index in [1.54, 1.807) is 73.0 Å². The number of thiazole rings is 2. The maximum absolute atomic E-state index is 12.7. The van der Waals surface area contributed by atoms with Gasteiger partial charge in [-0.3, -0.25) is 18.7 Å². The van der Waals surface area contributed by atoms with Crippen molar-refractivity contribution < 1.29 is 55.2 Å². The third-order valence-electron chi connectivity index (χ3n) is 11.6. The first-order valence-electron chi connectivity index (χ1n) is 22.4. The van der Waals surface area contributed by atoms with Crippen LogP contribution in [0, 0.1) is 0 Å². The third kappa shape index (κ3) is 10.7. The van der Waals surface area contributed by atoms with E-state index in [0.717, 1.165) is 31.6 Å². The number of para-hydroxylation sites is 2. The zero-order chi connectivity index (χ0) is 51.7. The standard InChI is InChI=1S/C48H42N12O10S4/c1-69-39-27-33(19-21-37(39)57-53-43(55-59(57)47-51-35-7-3-5-9-41(35)71-47)29-11-15-31(16-12-29)45(61)49-23-25-73(63,64)65)34-20-22-38(40(28-34)70-2)58-54-44(56-60(58)48-52-36-8-4-6-10-42(36)72-48)30-13-17-32(18-14-30)46(62)50-24-26-74(66,67)68/h3-22,27-28H,23-26H2,1-2H3,(H,49,61)(H,50,62)(H,53,55)(H,54,56)(H,63,64,65)(H,66,67,68)/p+2. The van der Waals surface area contributed by atoms with E-state index < -0.39 is 43.6 Å². The molecule has 8 N–H and O–H groups in total. The van der Waals surface area contributed by atoms with Gasteiger partial charge in [0.25, 0.3) is 42.3 Å². The van der Waals surface area contributed by atoms with Crippen molar-refractivity contribution in [2.75, 3.05) is 49.1 Å². The topological polar surface area (TPSA) is 275 Å². The maximum Gasteiger partial charge on any atom is 0.266 e. The highest BCUT2D eigenvalue weighted by Gasteiger charge is 2.39. The molecule has 2 amide bonds. The van der Waals surface area contributed by atoms with Crippen LogP contribution in [0.5, 0.6) is 11.5 Å². The molecule has 378 valence electrons. The molecular formula is C48H44N12O10S4+2. The predicted octanol–water partition coefficient (Wildman–Crippen LogP) is 3.46. The van der Waals surface area contributed by atoms with Gasteiger partial charge in [0.15, 0.2) is 11.5 Å². The number of nitrogens with one attached hydrogen (secondary N) is 6. The van der Waals surface area contributed by atoms with Crippen molar-refractivity contribution in [3.05, 3.63) is 156 Å². The molecule has 22 nitrogen and oxygen atoms in total. The number of amidine groups is 2. The van der Waals surface area contributed by atoms with Gasteiger partial charge in [0.2, 0.25) is 23.0 Å². The van der Waals surface area contributed by atoms with Gasteiger partial charge in [0.1, 0.15) is 0 Å². The highest BCUT2D eigenvalue weighted by atomic mass is 32.2. The van der Waals surface area contributed by atoms with E-state index in [4.69, 9.17) is 38.7 Å². The lowest BCUT2D eigenvalue weighted by Crippen LogP contribution is -3.10. The van der Waals surface area contributed by atoms with Crippen LogP contribution in [0.3, 0.4) is 0 Å². The zero-order valence-electron chi connectivity index (χ0n) is 39.0. The molecule has 10 rings (SSSR count). The molecule has 0 saturated heterocycles. The van der Waals surface area contributed by atoms with E-state index in [0.29, 0.717) is 66.2 Å². The van der Waals surface area contributed by atoms with Crippen molar-refractivity contribution in [1.82, 2.24) is 31.5 Å². The van der Waals surface area contributed by atoms with Crippen molar-refractivity contribution in [1.29, 1.82) is 0 Å². The molecule has 0 radical (unpaired) electrons. The normalized spacial score (nSPS) is 15.6. The Balaban J connectivity index is 0.951. The third-order valence-corrected chi connectivity index (χ3v) is 15.1. The first kappa shape index (κ1) is 49.5. The summed E-state index contributed by atoms with van der Waals surface area (Å²) >= 11 is 2.94. The van der Waals surface area contributed by atoms with Crippen LogP contribution in [-0.2, 0) is 20.2 Å². The first-order valence-corrected chi connectivity index (χ1v) is 27.3. The number of aromatic nitrogens is 2. The molecule has 0 fully saturated rings. The van der Waals surface area contributed by atoms with Crippen molar-refractivity contribution in [3.8, 4) is 22.6 Å². The fraction of sp³-hybridized carbons (Fsp3) is 0.125. The van der Waals surface area contributed by atoms with Gasteiger partial charge in [-0.15, -0.1) is 0 Å². The number of rotatable bonds is 17. The van der Waals surface area contributed by atoms with Crippen LogP contribution in [-0.4, -0.2) is 98.2 Å². The average Bonchev–Trinajstić information content (AvgIpc) is 4.23. The highest BCUT2D eigenvalue weighted by molar-refractivity contribution is 7.86. The van der Waals surface area contributed by atoms with Gasteiger partial charge in [-0.1, -0.05) is 91.7 Å². The molecule has 6 aromatic carbocycles. The number of hydrogen-bond donors (Lipinski definition) is 8. The largest absolute Gasteiger partial charge is 0.491 e. The summed E-state index contributed by atoms with van der Waals surface area (Å²) in [4.78, 5) is 35.3. The Bertz CT molecular complexity index is 3450. The summed E-state index contributed by atoms with van der Waals surface area (Å²) < 4.78 is 76.7. The van der Waals surface area contributed by atoms with Crippen LogP contribution in [0.4, 0.5) is 21.6 Å². The average molecular weight is 1080 g/mol. The number of methoxy groups -OCH3 is 2. The second-order valence-corrected chi connectivity index (χ2v) is 21.6. The summed E-state index contributed by atoms with van der Waals surface area (Å²) in [5, 5.41) is 20.9. The smallest absolute Gasteiger partial charge is 0.266 e. The number of carbonyl (C=O) groups is 2. The fourth-order valence-electron chi connectivity index (χ4n) is 7.95. The molecule has 2 aliphatic rings. The van der Waals surface area contributed by atoms with Gasteiger partial charge < -0.3 is 20.1 Å². The summed E-state index contributed by atoms with van der Waals surface area (Å²) in [5.41, 5.74) is 13.1. The van der Waals surface area contributed by atoms with E-state index in [-0.39, 0.29) is 24.2 Å². The van der Waals surface area contributed by atoms with E-state index in [1.807, 2.05) is 84.9 Å². The van der Waals surface area contributed by atoms with Gasteiger partial charge in [-0.25, -0.2) is 20.8 Å². The Kier molecular flexibility index (Phi) is 13.7. The van der Waals surface area contributed by atoms with Crippen LogP contribution in [0.1, 0.15) is 31.8 Å². The van der Waals surface area contributed by atoms with Crippen LogP contribution >= 0.6 is 22.7 Å². The van der Waals surface area contributed by atoms with Crippen LogP contribution in [0.2, 0.25) is 0 Å². The summed E-state index contributed by atoms with van der Waals surface area (Å²) in [5.74, 6) is -0.295. The summed E-state index contributed by atoms with van der Waals surface area (Å²) in [6.45, 7) is -0.502. The second kappa shape index (κ2) is 20.4. The van der Waals surface area contributed by atoms with Crippen molar-refractivity contribution in [3.63, 3.8) is 0 Å². The van der Waals surface area contributed by atoms with Gasteiger partial charge in [-0.05, 0) is 94.1 Å². The molecule has 4 heterocycles. The van der Waals surface area contributed by atoms with Crippen LogP contribution in [0.25, 0.3) is 31.6 Å². The number of ether oxygens (including phenoxy) is 2. The maximum atomic E-state index is 12.7. The lowest BCUT2D eigenvalue weighted by Gasteiger charge is -2.21. The molecule has 0 spiro atoms. The van der Waals surface area contributed by atoms with E-state index in [1.165, 1.54) is 22.7 Å². The molecule has 0 bridgehead atoms. The monoisotopic (exact) mass is 1080 g/mol. The molecule has 2 aromatic heterocycles. The van der Waals surface area contributed by atoms with Crippen molar-refractivity contribution >= 4 is 108 Å². The minimum absolute atomic E-state index is 0.251. The molecule has 74 heavy (non-hydrogen) atoms. The number of fused-ring (bicyclic) bond motifs is 2. The van der Waals surface area contributed by atoms with Crippen molar-refractivity contribution in [2.24, 2.45) is 10.2 Å².